The molecule has 0 aliphatic carbocycles. The fourth-order valence-electron chi connectivity index (χ4n) is 3.75. The second-order valence-corrected chi connectivity index (χ2v) is 8.24. The summed E-state index contributed by atoms with van der Waals surface area (Å²) < 4.78 is 1.00. The van der Waals surface area contributed by atoms with E-state index in [9.17, 15) is 9.59 Å². The van der Waals surface area contributed by atoms with E-state index in [1.165, 1.54) is 19.3 Å². The van der Waals surface area contributed by atoms with Crippen molar-refractivity contribution in [3.05, 3.63) is 76.3 Å². The van der Waals surface area contributed by atoms with E-state index in [1.807, 2.05) is 54.6 Å². The number of halogens is 1. The summed E-state index contributed by atoms with van der Waals surface area (Å²) in [5.74, 6) is -0.277. The lowest BCUT2D eigenvalue weighted by Gasteiger charge is -2.28. The van der Waals surface area contributed by atoms with Gasteiger partial charge in [0.15, 0.2) is 11.6 Å². The van der Waals surface area contributed by atoms with E-state index in [4.69, 9.17) is 0 Å². The molecule has 0 N–H and O–H groups in total. The zero-order valence-electron chi connectivity index (χ0n) is 15.7. The van der Waals surface area contributed by atoms with Crippen molar-refractivity contribution in [2.45, 2.75) is 25.7 Å². The molecule has 3 aromatic rings. The van der Waals surface area contributed by atoms with E-state index in [0.717, 1.165) is 34.0 Å². The van der Waals surface area contributed by atoms with Crippen LogP contribution in [-0.2, 0) is 0 Å². The molecule has 4 rings (SSSR count). The minimum Gasteiger partial charge on any atom is -0.372 e. The first-order valence-corrected chi connectivity index (χ1v) is 10.5. The summed E-state index contributed by atoms with van der Waals surface area (Å²) in [5, 5.41) is 2.05. The number of anilines is 1. The highest BCUT2D eigenvalue weighted by Gasteiger charge is 2.16. The first-order valence-electron chi connectivity index (χ1n) is 9.71. The number of hydrogen-bond donors (Lipinski definition) is 0. The van der Waals surface area contributed by atoms with Crippen molar-refractivity contribution in [3.63, 3.8) is 0 Å². The third-order valence-electron chi connectivity index (χ3n) is 5.36. The summed E-state index contributed by atoms with van der Waals surface area (Å²) in [4.78, 5) is 27.6. The zero-order chi connectivity index (χ0) is 19.5. The minimum atomic E-state index is -0.144. The van der Waals surface area contributed by atoms with Crippen molar-refractivity contribution >= 4 is 44.0 Å². The Labute approximate surface area is 173 Å². The SMILES string of the molecule is O=C(CC(=O)c1ccc2cc(Br)ccc2c1)c1ccc(N2CCCCC2)cc1. The molecule has 0 bridgehead atoms. The third kappa shape index (κ3) is 4.17. The van der Waals surface area contributed by atoms with Crippen LogP contribution in [0.25, 0.3) is 10.8 Å². The monoisotopic (exact) mass is 435 g/mol. The van der Waals surface area contributed by atoms with Gasteiger partial charge in [-0.1, -0.05) is 34.1 Å². The molecule has 1 fully saturated rings. The molecule has 0 radical (unpaired) electrons. The number of nitrogens with zero attached hydrogens (tertiary/aromatic N) is 1. The zero-order valence-corrected chi connectivity index (χ0v) is 17.2. The normalized spacial score (nSPS) is 14.2. The van der Waals surface area contributed by atoms with Crippen LogP contribution in [0.1, 0.15) is 46.4 Å². The number of Topliss-reactive ketones (excluding diaryl/α,β-unsaturated/α-hetero) is 2. The van der Waals surface area contributed by atoms with Gasteiger partial charge in [-0.25, -0.2) is 0 Å². The molecular formula is C24H22BrNO2. The quantitative estimate of drug-likeness (QED) is 0.361. The molecule has 1 aliphatic rings. The number of hydrogen-bond acceptors (Lipinski definition) is 3. The van der Waals surface area contributed by atoms with Crippen molar-refractivity contribution in [2.24, 2.45) is 0 Å². The Hall–Kier alpha value is -2.46. The van der Waals surface area contributed by atoms with Gasteiger partial charge in [-0.3, -0.25) is 9.59 Å². The highest BCUT2D eigenvalue weighted by Crippen LogP contribution is 2.23. The van der Waals surface area contributed by atoms with Gasteiger partial charge >= 0.3 is 0 Å². The van der Waals surface area contributed by atoms with Crippen LogP contribution in [0.3, 0.4) is 0 Å². The molecule has 0 unspecified atom stereocenters. The fraction of sp³-hybridized carbons (Fsp3) is 0.250. The summed E-state index contributed by atoms with van der Waals surface area (Å²) in [7, 11) is 0. The van der Waals surface area contributed by atoms with Gasteiger partial charge in [-0.15, -0.1) is 0 Å². The minimum absolute atomic E-state index is 0.106. The largest absolute Gasteiger partial charge is 0.372 e. The van der Waals surface area contributed by atoms with Gasteiger partial charge in [0.1, 0.15) is 0 Å². The number of benzene rings is 3. The van der Waals surface area contributed by atoms with Crippen molar-refractivity contribution in [2.75, 3.05) is 18.0 Å². The summed E-state index contributed by atoms with van der Waals surface area (Å²) in [6, 6.07) is 19.2. The lowest BCUT2D eigenvalue weighted by molar-refractivity contribution is 0.0894. The molecule has 0 atom stereocenters. The second-order valence-electron chi connectivity index (χ2n) is 7.32. The molecule has 0 spiro atoms. The van der Waals surface area contributed by atoms with E-state index in [-0.39, 0.29) is 18.0 Å². The predicted molar refractivity (Wildman–Crippen MR) is 117 cm³/mol. The third-order valence-corrected chi connectivity index (χ3v) is 5.85. The first-order chi connectivity index (χ1) is 13.6. The average Bonchev–Trinajstić information content (AvgIpc) is 2.74. The smallest absolute Gasteiger partial charge is 0.170 e. The maximum absolute atomic E-state index is 12.6. The van der Waals surface area contributed by atoms with Crippen molar-refractivity contribution < 1.29 is 9.59 Å². The number of rotatable bonds is 5. The topological polar surface area (TPSA) is 37.4 Å². The standard InChI is InChI=1S/C24H22BrNO2/c25-21-9-6-18-14-20(5-4-19(18)15-21)24(28)16-23(27)17-7-10-22(11-8-17)26-12-2-1-3-13-26/h4-11,14-15H,1-3,12-13,16H2. The van der Waals surface area contributed by atoms with E-state index in [1.54, 1.807) is 6.07 Å². The highest BCUT2D eigenvalue weighted by atomic mass is 79.9. The van der Waals surface area contributed by atoms with Crippen LogP contribution in [-0.4, -0.2) is 24.7 Å². The van der Waals surface area contributed by atoms with Gasteiger partial charge < -0.3 is 4.90 Å². The van der Waals surface area contributed by atoms with Crippen LogP contribution < -0.4 is 4.90 Å². The van der Waals surface area contributed by atoms with Crippen molar-refractivity contribution in [3.8, 4) is 0 Å². The van der Waals surface area contributed by atoms with Gasteiger partial charge in [0.05, 0.1) is 6.42 Å². The molecule has 0 aromatic heterocycles. The number of carbonyl (C=O) groups is 2. The lowest BCUT2D eigenvalue weighted by atomic mass is 9.99. The highest BCUT2D eigenvalue weighted by molar-refractivity contribution is 9.10. The van der Waals surface area contributed by atoms with Crippen LogP contribution in [0.15, 0.2) is 65.1 Å². The summed E-state index contributed by atoms with van der Waals surface area (Å²) in [5.41, 5.74) is 2.33. The maximum atomic E-state index is 12.6. The Morgan fingerprint density at radius 2 is 1.36 bits per heavy atom. The average molecular weight is 436 g/mol. The molecule has 28 heavy (non-hydrogen) atoms. The van der Waals surface area contributed by atoms with Crippen LogP contribution in [0.5, 0.6) is 0 Å². The van der Waals surface area contributed by atoms with Gasteiger partial charge in [-0.05, 0) is 72.5 Å². The van der Waals surface area contributed by atoms with E-state index < -0.39 is 0 Å². The Morgan fingerprint density at radius 3 is 2.11 bits per heavy atom. The van der Waals surface area contributed by atoms with E-state index >= 15 is 0 Å². The summed E-state index contributed by atoms with van der Waals surface area (Å²) in [6.45, 7) is 2.15. The van der Waals surface area contributed by atoms with Crippen molar-refractivity contribution in [1.29, 1.82) is 0 Å². The Balaban J connectivity index is 1.45. The van der Waals surface area contributed by atoms with Gasteiger partial charge in [0.2, 0.25) is 0 Å². The Kier molecular flexibility index (Phi) is 5.58. The molecular weight excluding hydrogens is 414 g/mol. The van der Waals surface area contributed by atoms with Crippen LogP contribution in [0.4, 0.5) is 5.69 Å². The van der Waals surface area contributed by atoms with Crippen LogP contribution >= 0.6 is 15.9 Å². The molecule has 1 saturated heterocycles. The molecule has 0 saturated carbocycles. The second kappa shape index (κ2) is 8.27. The molecule has 3 aromatic carbocycles. The fourth-order valence-corrected chi connectivity index (χ4v) is 4.13. The van der Waals surface area contributed by atoms with Crippen molar-refractivity contribution in [1.82, 2.24) is 0 Å². The summed E-state index contributed by atoms with van der Waals surface area (Å²) in [6.07, 6.45) is 3.63. The molecule has 1 aliphatic heterocycles. The predicted octanol–water partition coefficient (Wildman–Crippen LogP) is 6.05. The Morgan fingerprint density at radius 1 is 0.750 bits per heavy atom. The Bertz CT molecular complexity index is 1020. The van der Waals surface area contributed by atoms with Gasteiger partial charge in [0.25, 0.3) is 0 Å². The number of carbonyl (C=O) groups excluding carboxylic acids is 2. The maximum Gasteiger partial charge on any atom is 0.170 e. The molecule has 3 nitrogen and oxygen atoms in total. The van der Waals surface area contributed by atoms with Crippen LogP contribution in [0.2, 0.25) is 0 Å². The van der Waals surface area contributed by atoms with E-state index in [0.29, 0.717) is 11.1 Å². The number of ketones is 2. The van der Waals surface area contributed by atoms with Gasteiger partial charge in [-0.2, -0.15) is 0 Å². The van der Waals surface area contributed by atoms with Crippen LogP contribution in [0, 0.1) is 0 Å². The van der Waals surface area contributed by atoms with E-state index in [2.05, 4.69) is 20.8 Å². The molecule has 142 valence electrons. The van der Waals surface area contributed by atoms with Gasteiger partial charge in [0, 0.05) is 34.4 Å². The molecule has 4 heteroatoms. The number of fused-ring (bicyclic) bond motifs is 1. The lowest BCUT2D eigenvalue weighted by Crippen LogP contribution is -2.29. The molecule has 1 heterocycles. The molecule has 0 amide bonds. The first kappa shape index (κ1) is 18.9. The number of piperidine rings is 1. The summed E-state index contributed by atoms with van der Waals surface area (Å²) >= 11 is 3.45.